The van der Waals surface area contributed by atoms with Gasteiger partial charge >= 0.3 is 0 Å². The highest BCUT2D eigenvalue weighted by Crippen LogP contribution is 2.17. The van der Waals surface area contributed by atoms with E-state index in [4.69, 9.17) is 9.52 Å². The predicted molar refractivity (Wildman–Crippen MR) is 106 cm³/mol. The number of halogens is 1. The van der Waals surface area contributed by atoms with Gasteiger partial charge in [-0.2, -0.15) is 0 Å². The summed E-state index contributed by atoms with van der Waals surface area (Å²) >= 11 is 1.69. The molecule has 1 aliphatic rings. The summed E-state index contributed by atoms with van der Waals surface area (Å²) in [6.45, 7) is 8.31. The van der Waals surface area contributed by atoms with E-state index < -0.39 is 0 Å². The molecule has 8 heteroatoms. The van der Waals surface area contributed by atoms with E-state index in [1.165, 1.54) is 12.1 Å². The van der Waals surface area contributed by atoms with Gasteiger partial charge in [-0.05, 0) is 31.2 Å². The first-order valence-corrected chi connectivity index (χ1v) is 10.3. The average Bonchev–Trinajstić information content (AvgIpc) is 3.19. The SMILES string of the molecule is CCNC(=NCCSc1ccc(F)cc1)N1CCN(Cc2ccon2)CC1. The Labute approximate surface area is 163 Å². The van der Waals surface area contributed by atoms with Gasteiger partial charge in [0.25, 0.3) is 0 Å². The third-order valence-electron chi connectivity index (χ3n) is 4.32. The fraction of sp³-hybridized carbons (Fsp3) is 0.474. The van der Waals surface area contributed by atoms with Crippen LogP contribution in [0.3, 0.4) is 0 Å². The maximum atomic E-state index is 12.9. The minimum absolute atomic E-state index is 0.200. The van der Waals surface area contributed by atoms with Crippen molar-refractivity contribution in [3.8, 4) is 0 Å². The van der Waals surface area contributed by atoms with Gasteiger partial charge in [-0.25, -0.2) is 4.39 Å². The zero-order chi connectivity index (χ0) is 18.9. The molecule has 1 N–H and O–H groups in total. The summed E-state index contributed by atoms with van der Waals surface area (Å²) < 4.78 is 17.9. The molecule has 1 aromatic heterocycles. The molecule has 0 radical (unpaired) electrons. The van der Waals surface area contributed by atoms with E-state index in [0.717, 1.165) is 68.1 Å². The molecule has 0 aliphatic carbocycles. The first kappa shape index (κ1) is 19.7. The number of guanidine groups is 1. The van der Waals surface area contributed by atoms with E-state index in [-0.39, 0.29) is 5.82 Å². The van der Waals surface area contributed by atoms with E-state index in [1.54, 1.807) is 18.0 Å². The normalized spacial score (nSPS) is 15.9. The van der Waals surface area contributed by atoms with Gasteiger partial charge in [0.1, 0.15) is 12.1 Å². The van der Waals surface area contributed by atoms with Gasteiger partial charge in [0.05, 0.1) is 12.2 Å². The number of aliphatic imine (C=N–C) groups is 1. The Morgan fingerprint density at radius 3 is 2.67 bits per heavy atom. The average molecular weight is 392 g/mol. The smallest absolute Gasteiger partial charge is 0.194 e. The molecule has 0 atom stereocenters. The monoisotopic (exact) mass is 391 g/mol. The lowest BCUT2D eigenvalue weighted by molar-refractivity contribution is 0.169. The fourth-order valence-electron chi connectivity index (χ4n) is 2.94. The van der Waals surface area contributed by atoms with Crippen LogP contribution in [-0.4, -0.2) is 65.9 Å². The molecule has 27 heavy (non-hydrogen) atoms. The maximum absolute atomic E-state index is 12.9. The quantitative estimate of drug-likeness (QED) is 0.339. The minimum atomic E-state index is -0.200. The number of hydrogen-bond acceptors (Lipinski definition) is 5. The van der Waals surface area contributed by atoms with Crippen molar-refractivity contribution in [2.24, 2.45) is 4.99 Å². The summed E-state index contributed by atoms with van der Waals surface area (Å²) in [4.78, 5) is 10.5. The molecule has 6 nitrogen and oxygen atoms in total. The van der Waals surface area contributed by atoms with Gasteiger partial charge in [0.2, 0.25) is 0 Å². The minimum Gasteiger partial charge on any atom is -0.364 e. The van der Waals surface area contributed by atoms with E-state index in [1.807, 2.05) is 18.2 Å². The standard InChI is InChI=1S/C19H26FN5OS/c1-2-21-19(22-8-14-27-18-5-3-16(20)4-6-18)25-11-9-24(10-12-25)15-17-7-13-26-23-17/h3-7,13H,2,8-12,14-15H2,1H3,(H,21,22). The van der Waals surface area contributed by atoms with E-state index in [9.17, 15) is 4.39 Å². The number of nitrogens with one attached hydrogen (secondary N) is 1. The number of hydrogen-bond donors (Lipinski definition) is 1. The summed E-state index contributed by atoms with van der Waals surface area (Å²) in [6, 6.07) is 8.52. The van der Waals surface area contributed by atoms with Crippen molar-refractivity contribution in [2.75, 3.05) is 45.0 Å². The second-order valence-corrected chi connectivity index (χ2v) is 7.46. The van der Waals surface area contributed by atoms with Crippen molar-refractivity contribution in [1.82, 2.24) is 20.3 Å². The third-order valence-corrected chi connectivity index (χ3v) is 5.31. The lowest BCUT2D eigenvalue weighted by atomic mass is 10.3. The van der Waals surface area contributed by atoms with Gasteiger partial charge in [-0.3, -0.25) is 9.89 Å². The summed E-state index contributed by atoms with van der Waals surface area (Å²) in [7, 11) is 0. The molecule has 146 valence electrons. The molecular weight excluding hydrogens is 365 g/mol. The molecule has 2 heterocycles. The summed E-state index contributed by atoms with van der Waals surface area (Å²) in [5.41, 5.74) is 0.974. The topological polar surface area (TPSA) is 56.9 Å². The molecule has 0 spiro atoms. The number of aromatic nitrogens is 1. The van der Waals surface area contributed by atoms with Crippen LogP contribution in [0.15, 0.2) is 51.0 Å². The molecule has 0 unspecified atom stereocenters. The number of rotatable bonds is 7. The van der Waals surface area contributed by atoms with Crippen LogP contribution in [-0.2, 0) is 6.54 Å². The van der Waals surface area contributed by atoms with Crippen LogP contribution in [0.25, 0.3) is 0 Å². The number of benzene rings is 1. The van der Waals surface area contributed by atoms with E-state index in [0.29, 0.717) is 0 Å². The van der Waals surface area contributed by atoms with Crippen molar-refractivity contribution in [3.05, 3.63) is 48.1 Å². The van der Waals surface area contributed by atoms with Crippen molar-refractivity contribution in [2.45, 2.75) is 18.4 Å². The van der Waals surface area contributed by atoms with Crippen LogP contribution in [0.4, 0.5) is 4.39 Å². The van der Waals surface area contributed by atoms with Crippen LogP contribution >= 0.6 is 11.8 Å². The molecule has 0 amide bonds. The molecule has 1 fully saturated rings. The van der Waals surface area contributed by atoms with Crippen molar-refractivity contribution in [3.63, 3.8) is 0 Å². The van der Waals surface area contributed by atoms with Crippen molar-refractivity contribution in [1.29, 1.82) is 0 Å². The Morgan fingerprint density at radius 2 is 2.00 bits per heavy atom. The van der Waals surface area contributed by atoms with Crippen LogP contribution in [0.2, 0.25) is 0 Å². The number of thioether (sulfide) groups is 1. The molecule has 2 aromatic rings. The molecule has 1 aliphatic heterocycles. The van der Waals surface area contributed by atoms with Gasteiger partial charge in [-0.1, -0.05) is 5.16 Å². The summed E-state index contributed by atoms with van der Waals surface area (Å²) in [5.74, 6) is 1.64. The lowest BCUT2D eigenvalue weighted by Gasteiger charge is -2.36. The first-order valence-electron chi connectivity index (χ1n) is 9.28. The molecule has 3 rings (SSSR count). The zero-order valence-corrected chi connectivity index (χ0v) is 16.4. The highest BCUT2D eigenvalue weighted by molar-refractivity contribution is 7.99. The Kier molecular flexibility index (Phi) is 7.53. The zero-order valence-electron chi connectivity index (χ0n) is 15.6. The van der Waals surface area contributed by atoms with Crippen LogP contribution in [0.5, 0.6) is 0 Å². The Morgan fingerprint density at radius 1 is 1.22 bits per heavy atom. The third kappa shape index (κ3) is 6.25. The number of nitrogens with zero attached hydrogens (tertiary/aromatic N) is 4. The Balaban J connectivity index is 1.45. The van der Waals surface area contributed by atoms with Crippen LogP contribution in [0, 0.1) is 5.82 Å². The summed E-state index contributed by atoms with van der Waals surface area (Å²) in [5, 5.41) is 7.37. The lowest BCUT2D eigenvalue weighted by Crippen LogP contribution is -2.52. The second-order valence-electron chi connectivity index (χ2n) is 6.29. The first-order chi connectivity index (χ1) is 13.2. The van der Waals surface area contributed by atoms with Crippen LogP contribution < -0.4 is 5.32 Å². The molecule has 0 bridgehead atoms. The van der Waals surface area contributed by atoms with Gasteiger partial charge in [0, 0.05) is 56.0 Å². The van der Waals surface area contributed by atoms with Crippen molar-refractivity contribution >= 4 is 17.7 Å². The fourth-order valence-corrected chi connectivity index (χ4v) is 3.68. The van der Waals surface area contributed by atoms with E-state index in [2.05, 4.69) is 27.2 Å². The van der Waals surface area contributed by atoms with Gasteiger partial charge in [-0.15, -0.1) is 11.8 Å². The molecule has 0 saturated carbocycles. The highest BCUT2D eigenvalue weighted by atomic mass is 32.2. The highest BCUT2D eigenvalue weighted by Gasteiger charge is 2.20. The molecular formula is C19H26FN5OS. The predicted octanol–water partition coefficient (Wildman–Crippen LogP) is 2.69. The summed E-state index contributed by atoms with van der Waals surface area (Å²) in [6.07, 6.45) is 1.62. The molecule has 1 saturated heterocycles. The van der Waals surface area contributed by atoms with E-state index >= 15 is 0 Å². The van der Waals surface area contributed by atoms with Gasteiger partial charge < -0.3 is 14.7 Å². The van der Waals surface area contributed by atoms with Crippen molar-refractivity contribution < 1.29 is 8.91 Å². The second kappa shape index (κ2) is 10.3. The molecule has 1 aromatic carbocycles. The number of piperazine rings is 1. The van der Waals surface area contributed by atoms with Gasteiger partial charge in [0.15, 0.2) is 5.96 Å². The Hall–Kier alpha value is -2.06. The Bertz CT molecular complexity index is 699. The maximum Gasteiger partial charge on any atom is 0.194 e. The largest absolute Gasteiger partial charge is 0.364 e. The van der Waals surface area contributed by atoms with Crippen LogP contribution in [0.1, 0.15) is 12.6 Å².